The van der Waals surface area contributed by atoms with Gasteiger partial charge in [0, 0.05) is 24.9 Å². The summed E-state index contributed by atoms with van der Waals surface area (Å²) in [7, 11) is 0. The molecular weight excluding hydrogens is 490 g/mol. The number of thiophene rings is 1. The lowest BCUT2D eigenvalue weighted by molar-refractivity contribution is -0.126. The first-order chi connectivity index (χ1) is 18.1. The van der Waals surface area contributed by atoms with Crippen molar-refractivity contribution in [3.63, 3.8) is 0 Å². The second-order valence-corrected chi connectivity index (χ2v) is 9.50. The molecule has 4 rings (SSSR count). The molecule has 1 fully saturated rings. The minimum atomic E-state index is -0.967. The molecule has 1 saturated heterocycles. The summed E-state index contributed by atoms with van der Waals surface area (Å²) in [4.78, 5) is 41.9. The molecule has 37 heavy (non-hydrogen) atoms. The van der Waals surface area contributed by atoms with E-state index in [9.17, 15) is 14.4 Å². The van der Waals surface area contributed by atoms with Crippen molar-refractivity contribution in [2.24, 2.45) is 0 Å². The van der Waals surface area contributed by atoms with E-state index < -0.39 is 11.9 Å². The van der Waals surface area contributed by atoms with Gasteiger partial charge in [0.25, 0.3) is 5.91 Å². The number of amides is 3. The summed E-state index contributed by atoms with van der Waals surface area (Å²) < 4.78 is 11.3. The lowest BCUT2D eigenvalue weighted by Crippen LogP contribution is -2.48. The fourth-order valence-corrected chi connectivity index (χ4v) is 4.87. The Kier molecular flexibility index (Phi) is 9.29. The third kappa shape index (κ3) is 6.96. The summed E-state index contributed by atoms with van der Waals surface area (Å²) in [6.07, 6.45) is 1.79. The predicted molar refractivity (Wildman–Crippen MR) is 143 cm³/mol. The van der Waals surface area contributed by atoms with E-state index in [1.807, 2.05) is 37.3 Å². The van der Waals surface area contributed by atoms with Crippen LogP contribution in [0.15, 0.2) is 72.1 Å². The molecule has 2 aromatic carbocycles. The Morgan fingerprint density at radius 3 is 2.62 bits per heavy atom. The number of benzene rings is 2. The zero-order chi connectivity index (χ0) is 26.0. The number of nitrogens with one attached hydrogen (secondary N) is 2. The van der Waals surface area contributed by atoms with E-state index >= 15 is 0 Å². The molecule has 2 N–H and O–H groups in total. The molecule has 2 atom stereocenters. The monoisotopic (exact) mass is 521 g/mol. The summed E-state index contributed by atoms with van der Waals surface area (Å²) in [6, 6.07) is 18.7. The largest absolute Gasteiger partial charge is 0.494 e. The van der Waals surface area contributed by atoms with Crippen LogP contribution in [0.5, 0.6) is 5.75 Å². The van der Waals surface area contributed by atoms with E-state index in [1.165, 1.54) is 16.2 Å². The van der Waals surface area contributed by atoms with Crippen LogP contribution in [-0.2, 0) is 14.3 Å². The van der Waals surface area contributed by atoms with Crippen LogP contribution in [0, 0.1) is 0 Å². The zero-order valence-electron chi connectivity index (χ0n) is 20.7. The van der Waals surface area contributed by atoms with Crippen LogP contribution in [-0.4, -0.2) is 50.1 Å². The molecule has 0 saturated carbocycles. The maximum atomic E-state index is 13.7. The van der Waals surface area contributed by atoms with Crippen molar-refractivity contribution in [3.8, 4) is 5.75 Å². The van der Waals surface area contributed by atoms with Crippen LogP contribution in [0.25, 0.3) is 0 Å². The van der Waals surface area contributed by atoms with Crippen LogP contribution in [0.3, 0.4) is 0 Å². The SMILES string of the molecule is CCOc1cccc(N(C(=O)CNC(=O)c2cccs2)C(C(=O)NCC2CCCO2)c2ccccc2)c1. The third-order valence-corrected chi connectivity index (χ3v) is 6.84. The lowest BCUT2D eigenvalue weighted by Gasteiger charge is -2.32. The van der Waals surface area contributed by atoms with Gasteiger partial charge < -0.3 is 20.1 Å². The van der Waals surface area contributed by atoms with Crippen molar-refractivity contribution in [2.45, 2.75) is 31.9 Å². The highest BCUT2D eigenvalue weighted by molar-refractivity contribution is 7.12. The van der Waals surface area contributed by atoms with E-state index in [2.05, 4.69) is 10.6 Å². The first kappa shape index (κ1) is 26.4. The summed E-state index contributed by atoms with van der Waals surface area (Å²) in [6.45, 7) is 3.09. The van der Waals surface area contributed by atoms with Crippen molar-refractivity contribution in [1.29, 1.82) is 0 Å². The van der Waals surface area contributed by atoms with Gasteiger partial charge in [-0.2, -0.15) is 0 Å². The molecular formula is C28H31N3O5S. The molecule has 0 aliphatic carbocycles. The topological polar surface area (TPSA) is 97.0 Å². The minimum Gasteiger partial charge on any atom is -0.494 e. The second kappa shape index (κ2) is 13.0. The summed E-state index contributed by atoms with van der Waals surface area (Å²) in [5.41, 5.74) is 1.13. The molecule has 2 heterocycles. The van der Waals surface area contributed by atoms with Gasteiger partial charge in [-0.25, -0.2) is 0 Å². The molecule has 194 valence electrons. The van der Waals surface area contributed by atoms with E-state index in [0.717, 1.165) is 12.8 Å². The number of anilines is 1. The van der Waals surface area contributed by atoms with Gasteiger partial charge in [0.2, 0.25) is 11.8 Å². The second-order valence-electron chi connectivity index (χ2n) is 8.55. The number of rotatable bonds is 11. The van der Waals surface area contributed by atoms with Crippen molar-refractivity contribution in [1.82, 2.24) is 10.6 Å². The molecule has 9 heteroatoms. The highest BCUT2D eigenvalue weighted by atomic mass is 32.1. The Morgan fingerprint density at radius 1 is 1.08 bits per heavy atom. The quantitative estimate of drug-likeness (QED) is 0.398. The zero-order valence-corrected chi connectivity index (χ0v) is 21.5. The van der Waals surface area contributed by atoms with Crippen molar-refractivity contribution in [2.75, 3.05) is 31.2 Å². The predicted octanol–water partition coefficient (Wildman–Crippen LogP) is 3.95. The Bertz CT molecular complexity index is 1180. The average molecular weight is 522 g/mol. The van der Waals surface area contributed by atoms with Crippen molar-refractivity contribution < 1.29 is 23.9 Å². The van der Waals surface area contributed by atoms with Gasteiger partial charge in [0.15, 0.2) is 0 Å². The number of ether oxygens (including phenoxy) is 2. The molecule has 0 bridgehead atoms. The molecule has 2 unspecified atom stereocenters. The highest BCUT2D eigenvalue weighted by Crippen LogP contribution is 2.30. The number of nitrogens with zero attached hydrogens (tertiary/aromatic N) is 1. The number of carbonyl (C=O) groups is 3. The molecule has 8 nitrogen and oxygen atoms in total. The summed E-state index contributed by atoms with van der Waals surface area (Å²) >= 11 is 1.29. The van der Waals surface area contributed by atoms with Gasteiger partial charge in [-0.1, -0.05) is 42.5 Å². The van der Waals surface area contributed by atoms with Gasteiger partial charge in [-0.05, 0) is 48.9 Å². The summed E-state index contributed by atoms with van der Waals surface area (Å²) in [5.74, 6) is -0.529. The third-order valence-electron chi connectivity index (χ3n) is 5.97. The molecule has 1 aliphatic rings. The van der Waals surface area contributed by atoms with Crippen LogP contribution >= 0.6 is 11.3 Å². The van der Waals surface area contributed by atoms with E-state index in [1.54, 1.807) is 41.8 Å². The van der Waals surface area contributed by atoms with Crippen LogP contribution in [0.1, 0.15) is 41.0 Å². The van der Waals surface area contributed by atoms with E-state index in [4.69, 9.17) is 9.47 Å². The van der Waals surface area contributed by atoms with Gasteiger partial charge in [-0.15, -0.1) is 11.3 Å². The smallest absolute Gasteiger partial charge is 0.261 e. The van der Waals surface area contributed by atoms with E-state index in [-0.39, 0.29) is 24.5 Å². The van der Waals surface area contributed by atoms with Gasteiger partial charge in [0.05, 0.1) is 24.1 Å². The van der Waals surface area contributed by atoms with Gasteiger partial charge in [-0.3, -0.25) is 19.3 Å². The minimum absolute atomic E-state index is 0.0455. The molecule has 0 radical (unpaired) electrons. The summed E-state index contributed by atoms with van der Waals surface area (Å²) in [5, 5.41) is 7.47. The Morgan fingerprint density at radius 2 is 1.92 bits per heavy atom. The Balaban J connectivity index is 1.65. The molecule has 1 aliphatic heterocycles. The number of carbonyl (C=O) groups excluding carboxylic acids is 3. The normalized spacial score (nSPS) is 15.5. The van der Waals surface area contributed by atoms with Crippen LogP contribution in [0.2, 0.25) is 0 Å². The fourth-order valence-electron chi connectivity index (χ4n) is 4.23. The molecule has 0 spiro atoms. The van der Waals surface area contributed by atoms with Crippen molar-refractivity contribution >= 4 is 34.7 Å². The van der Waals surface area contributed by atoms with Crippen molar-refractivity contribution in [3.05, 3.63) is 82.6 Å². The highest BCUT2D eigenvalue weighted by Gasteiger charge is 2.33. The average Bonchev–Trinajstić information content (AvgIpc) is 3.64. The standard InChI is InChI=1S/C28H31N3O5S/c1-2-35-22-12-6-11-21(17-22)31(25(32)19-30-27(33)24-14-8-16-37-24)26(20-9-4-3-5-10-20)28(34)29-18-23-13-7-15-36-23/h3-6,8-12,14,16-17,23,26H,2,7,13,15,18-19H2,1H3,(H,29,34)(H,30,33). The lowest BCUT2D eigenvalue weighted by atomic mass is 10.0. The molecule has 3 amide bonds. The molecule has 3 aromatic rings. The maximum absolute atomic E-state index is 13.7. The number of hydrogen-bond acceptors (Lipinski definition) is 6. The first-order valence-corrected chi connectivity index (χ1v) is 13.3. The molecule has 1 aromatic heterocycles. The Hall–Kier alpha value is -3.69. The van der Waals surface area contributed by atoms with Gasteiger partial charge >= 0.3 is 0 Å². The van der Waals surface area contributed by atoms with E-state index in [0.29, 0.717) is 41.6 Å². The number of hydrogen-bond donors (Lipinski definition) is 2. The van der Waals surface area contributed by atoms with Crippen LogP contribution < -0.4 is 20.3 Å². The maximum Gasteiger partial charge on any atom is 0.261 e. The first-order valence-electron chi connectivity index (χ1n) is 12.4. The Labute approximate surface area is 220 Å². The van der Waals surface area contributed by atoms with Crippen LogP contribution in [0.4, 0.5) is 5.69 Å². The van der Waals surface area contributed by atoms with Gasteiger partial charge in [0.1, 0.15) is 11.8 Å². The fraction of sp³-hybridized carbons (Fsp3) is 0.321.